The largest absolute Gasteiger partial charge is 0.481 e. The van der Waals surface area contributed by atoms with Crippen molar-refractivity contribution in [2.24, 2.45) is 11.8 Å². The molecule has 0 aliphatic carbocycles. The van der Waals surface area contributed by atoms with Crippen molar-refractivity contribution < 1.29 is 14.7 Å². The van der Waals surface area contributed by atoms with Crippen molar-refractivity contribution in [2.75, 3.05) is 0 Å². The number of carboxylic acid groups (broad SMARTS) is 1. The third kappa shape index (κ3) is 4.35. The summed E-state index contributed by atoms with van der Waals surface area (Å²) in [4.78, 5) is 22.8. The van der Waals surface area contributed by atoms with E-state index in [1.165, 1.54) is 6.92 Å². The van der Waals surface area contributed by atoms with Crippen LogP contribution in [0.2, 0.25) is 0 Å². The molecule has 2 N–H and O–H groups in total. The van der Waals surface area contributed by atoms with Crippen molar-refractivity contribution in [2.45, 2.75) is 26.8 Å². The highest BCUT2D eigenvalue weighted by atomic mass is 79.9. The molecular weight excluding hydrogens is 310 g/mol. The van der Waals surface area contributed by atoms with E-state index in [0.717, 1.165) is 10.0 Å². The lowest BCUT2D eigenvalue weighted by Gasteiger charge is -2.20. The second-order valence-electron chi connectivity index (χ2n) is 4.70. The Morgan fingerprint density at radius 3 is 2.11 bits per heavy atom. The van der Waals surface area contributed by atoms with E-state index in [1.807, 2.05) is 31.2 Å². The summed E-state index contributed by atoms with van der Waals surface area (Å²) in [5.74, 6) is -2.46. The molecule has 1 aromatic rings. The lowest BCUT2D eigenvalue weighted by molar-refractivity contribution is -0.146. The first-order valence-electron chi connectivity index (χ1n) is 6.11. The van der Waals surface area contributed by atoms with Gasteiger partial charge in [0.05, 0.1) is 12.0 Å². The number of hydrogen-bond donors (Lipinski definition) is 2. The highest BCUT2D eigenvalue weighted by Crippen LogP contribution is 2.18. The van der Waals surface area contributed by atoms with E-state index in [4.69, 9.17) is 5.11 Å². The van der Waals surface area contributed by atoms with Gasteiger partial charge in [0.2, 0.25) is 5.91 Å². The summed E-state index contributed by atoms with van der Waals surface area (Å²) in [7, 11) is 0. The molecule has 0 aliphatic heterocycles. The number of carbonyl (C=O) groups is 2. The average molecular weight is 328 g/mol. The molecule has 0 saturated heterocycles. The van der Waals surface area contributed by atoms with Crippen LogP contribution < -0.4 is 5.32 Å². The Labute approximate surface area is 121 Å². The Balaban J connectivity index is 2.66. The van der Waals surface area contributed by atoms with Gasteiger partial charge in [-0.15, -0.1) is 0 Å². The second kappa shape index (κ2) is 6.70. The van der Waals surface area contributed by atoms with E-state index >= 15 is 0 Å². The smallest absolute Gasteiger partial charge is 0.307 e. The molecule has 1 amide bonds. The summed E-state index contributed by atoms with van der Waals surface area (Å²) >= 11 is 3.35. The number of benzene rings is 1. The number of carbonyl (C=O) groups excluding carboxylic acids is 1. The normalized spacial score (nSPS) is 15.4. The lowest BCUT2D eigenvalue weighted by atomic mass is 9.94. The summed E-state index contributed by atoms with van der Waals surface area (Å²) in [6, 6.07) is 7.49. The van der Waals surface area contributed by atoms with Gasteiger partial charge in [-0.25, -0.2) is 0 Å². The molecule has 0 saturated carbocycles. The predicted octanol–water partition coefficient (Wildman–Crippen LogP) is 2.98. The number of amides is 1. The second-order valence-corrected chi connectivity index (χ2v) is 5.61. The minimum absolute atomic E-state index is 0.149. The summed E-state index contributed by atoms with van der Waals surface area (Å²) < 4.78 is 0.975. The molecular formula is C14H18BrNO3. The maximum Gasteiger partial charge on any atom is 0.307 e. The number of nitrogens with one attached hydrogen (secondary N) is 1. The SMILES string of the molecule is CC(NC(=O)C(C)C(C)C(=O)O)c1ccc(Br)cc1. The monoisotopic (exact) mass is 327 g/mol. The third-order valence-electron chi connectivity index (χ3n) is 3.28. The van der Waals surface area contributed by atoms with Crippen molar-refractivity contribution in [3.8, 4) is 0 Å². The molecule has 0 spiro atoms. The molecule has 4 nitrogen and oxygen atoms in total. The highest BCUT2D eigenvalue weighted by molar-refractivity contribution is 9.10. The summed E-state index contributed by atoms with van der Waals surface area (Å²) in [5, 5.41) is 11.7. The Kier molecular flexibility index (Phi) is 5.54. The summed E-state index contributed by atoms with van der Waals surface area (Å²) in [6.07, 6.45) is 0. The van der Waals surface area contributed by atoms with Crippen LogP contribution >= 0.6 is 15.9 Å². The molecule has 0 radical (unpaired) electrons. The van der Waals surface area contributed by atoms with Crippen LogP contribution in [0.5, 0.6) is 0 Å². The Morgan fingerprint density at radius 2 is 1.63 bits per heavy atom. The number of hydrogen-bond acceptors (Lipinski definition) is 2. The molecule has 3 atom stereocenters. The highest BCUT2D eigenvalue weighted by Gasteiger charge is 2.26. The number of rotatable bonds is 5. The van der Waals surface area contributed by atoms with E-state index in [2.05, 4.69) is 21.2 Å². The maximum absolute atomic E-state index is 12.0. The molecule has 5 heteroatoms. The topological polar surface area (TPSA) is 66.4 Å². The van der Waals surface area contributed by atoms with E-state index < -0.39 is 17.8 Å². The van der Waals surface area contributed by atoms with Gasteiger partial charge in [0, 0.05) is 10.4 Å². The van der Waals surface area contributed by atoms with Gasteiger partial charge < -0.3 is 10.4 Å². The molecule has 3 unspecified atom stereocenters. The molecule has 0 heterocycles. The fraction of sp³-hybridized carbons (Fsp3) is 0.429. The first-order valence-corrected chi connectivity index (χ1v) is 6.91. The van der Waals surface area contributed by atoms with Gasteiger partial charge in [0.25, 0.3) is 0 Å². The van der Waals surface area contributed by atoms with Crippen LogP contribution in [0.25, 0.3) is 0 Å². The van der Waals surface area contributed by atoms with Crippen LogP contribution in [0.1, 0.15) is 32.4 Å². The summed E-state index contributed by atoms with van der Waals surface area (Å²) in [6.45, 7) is 5.04. The van der Waals surface area contributed by atoms with E-state index in [-0.39, 0.29) is 11.9 Å². The number of halogens is 1. The zero-order chi connectivity index (χ0) is 14.6. The Bertz CT molecular complexity index is 458. The number of carboxylic acids is 1. The van der Waals surface area contributed by atoms with Gasteiger partial charge in [-0.2, -0.15) is 0 Å². The van der Waals surface area contributed by atoms with Crippen LogP contribution in [-0.4, -0.2) is 17.0 Å². The van der Waals surface area contributed by atoms with E-state index in [9.17, 15) is 9.59 Å². The van der Waals surface area contributed by atoms with Crippen molar-refractivity contribution in [3.63, 3.8) is 0 Å². The first kappa shape index (κ1) is 15.7. The van der Waals surface area contributed by atoms with Crippen LogP contribution in [-0.2, 0) is 9.59 Å². The van der Waals surface area contributed by atoms with Gasteiger partial charge in [0.15, 0.2) is 0 Å². The van der Waals surface area contributed by atoms with E-state index in [1.54, 1.807) is 6.92 Å². The van der Waals surface area contributed by atoms with Gasteiger partial charge in [-0.1, -0.05) is 41.9 Å². The minimum Gasteiger partial charge on any atom is -0.481 e. The van der Waals surface area contributed by atoms with Crippen LogP contribution in [0.3, 0.4) is 0 Å². The molecule has 19 heavy (non-hydrogen) atoms. The Morgan fingerprint density at radius 1 is 1.11 bits per heavy atom. The molecule has 0 bridgehead atoms. The molecule has 0 fully saturated rings. The van der Waals surface area contributed by atoms with Gasteiger partial charge in [0.1, 0.15) is 0 Å². The van der Waals surface area contributed by atoms with Crippen molar-refractivity contribution in [1.29, 1.82) is 0 Å². The van der Waals surface area contributed by atoms with Crippen LogP contribution in [0, 0.1) is 11.8 Å². The third-order valence-corrected chi connectivity index (χ3v) is 3.81. The fourth-order valence-electron chi connectivity index (χ4n) is 1.62. The Hall–Kier alpha value is -1.36. The minimum atomic E-state index is -0.959. The fourth-order valence-corrected chi connectivity index (χ4v) is 1.88. The quantitative estimate of drug-likeness (QED) is 0.873. The molecule has 0 aliphatic rings. The van der Waals surface area contributed by atoms with E-state index in [0.29, 0.717) is 0 Å². The van der Waals surface area contributed by atoms with Crippen molar-refractivity contribution in [1.82, 2.24) is 5.32 Å². The molecule has 1 rings (SSSR count). The van der Waals surface area contributed by atoms with Crippen molar-refractivity contribution >= 4 is 27.8 Å². The predicted molar refractivity (Wildman–Crippen MR) is 76.7 cm³/mol. The standard InChI is InChI=1S/C14H18BrNO3/c1-8(9(2)14(18)19)13(17)16-10(3)11-4-6-12(15)7-5-11/h4-10H,1-3H3,(H,16,17)(H,18,19). The lowest BCUT2D eigenvalue weighted by Crippen LogP contribution is -2.36. The first-order chi connectivity index (χ1) is 8.82. The van der Waals surface area contributed by atoms with Crippen LogP contribution in [0.4, 0.5) is 0 Å². The van der Waals surface area contributed by atoms with Gasteiger partial charge in [-0.3, -0.25) is 9.59 Å². The van der Waals surface area contributed by atoms with Gasteiger partial charge in [-0.05, 0) is 24.6 Å². The zero-order valence-electron chi connectivity index (χ0n) is 11.2. The van der Waals surface area contributed by atoms with Gasteiger partial charge >= 0.3 is 5.97 Å². The maximum atomic E-state index is 12.0. The average Bonchev–Trinajstić information content (AvgIpc) is 2.37. The zero-order valence-corrected chi connectivity index (χ0v) is 12.8. The summed E-state index contributed by atoms with van der Waals surface area (Å²) in [5.41, 5.74) is 0.978. The molecule has 1 aromatic carbocycles. The van der Waals surface area contributed by atoms with Crippen LogP contribution in [0.15, 0.2) is 28.7 Å². The van der Waals surface area contributed by atoms with Crippen molar-refractivity contribution in [3.05, 3.63) is 34.3 Å². The molecule has 104 valence electrons. The molecule has 0 aromatic heterocycles. The number of aliphatic carboxylic acids is 1.